The molecule has 0 atom stereocenters. The van der Waals surface area contributed by atoms with Crippen LogP contribution >= 0.6 is 23.2 Å². The number of halogens is 2. The molecule has 0 saturated carbocycles. The summed E-state index contributed by atoms with van der Waals surface area (Å²) in [5.41, 5.74) is 2.68. The standard InChI is InChI=1S/C22H24Cl2N2O/c23-19-5-1-17(2-6-19)13-21(27)26-15-22(16-26)9-11-25(12-10-22)14-18-3-7-20(24)8-4-18/h1-8H,9-16H2. The van der Waals surface area contributed by atoms with E-state index in [1.54, 1.807) is 0 Å². The zero-order valence-corrected chi connectivity index (χ0v) is 16.8. The van der Waals surface area contributed by atoms with Crippen molar-refractivity contribution in [2.24, 2.45) is 5.41 Å². The average Bonchev–Trinajstić information content (AvgIpc) is 2.64. The first-order chi connectivity index (χ1) is 13.0. The van der Waals surface area contributed by atoms with Crippen LogP contribution in [0.2, 0.25) is 10.0 Å². The van der Waals surface area contributed by atoms with Gasteiger partial charge in [-0.1, -0.05) is 47.5 Å². The Kier molecular flexibility index (Phi) is 5.45. The largest absolute Gasteiger partial charge is 0.341 e. The van der Waals surface area contributed by atoms with E-state index >= 15 is 0 Å². The lowest BCUT2D eigenvalue weighted by atomic mass is 9.71. The van der Waals surface area contributed by atoms with Crippen molar-refractivity contribution >= 4 is 29.1 Å². The molecule has 0 radical (unpaired) electrons. The van der Waals surface area contributed by atoms with E-state index in [-0.39, 0.29) is 5.91 Å². The van der Waals surface area contributed by atoms with Crippen LogP contribution in [0.4, 0.5) is 0 Å². The molecule has 2 saturated heterocycles. The van der Waals surface area contributed by atoms with Crippen molar-refractivity contribution in [3.8, 4) is 0 Å². The van der Waals surface area contributed by atoms with Crippen LogP contribution in [0, 0.1) is 5.41 Å². The van der Waals surface area contributed by atoms with Gasteiger partial charge in [0.25, 0.3) is 0 Å². The predicted octanol–water partition coefficient (Wildman–Crippen LogP) is 4.66. The maximum Gasteiger partial charge on any atom is 0.227 e. The highest BCUT2D eigenvalue weighted by Gasteiger charge is 2.46. The Bertz CT molecular complexity index is 788. The summed E-state index contributed by atoms with van der Waals surface area (Å²) in [6.07, 6.45) is 2.81. The molecule has 27 heavy (non-hydrogen) atoms. The van der Waals surface area contributed by atoms with Crippen LogP contribution in [0.25, 0.3) is 0 Å². The summed E-state index contributed by atoms with van der Waals surface area (Å²) < 4.78 is 0. The minimum Gasteiger partial charge on any atom is -0.341 e. The first-order valence-corrected chi connectivity index (χ1v) is 10.3. The summed E-state index contributed by atoms with van der Waals surface area (Å²) in [6.45, 7) is 5.00. The molecule has 1 spiro atoms. The fraction of sp³-hybridized carbons (Fsp3) is 0.409. The fourth-order valence-electron chi connectivity index (χ4n) is 4.18. The van der Waals surface area contributed by atoms with E-state index in [0.29, 0.717) is 16.9 Å². The van der Waals surface area contributed by atoms with Gasteiger partial charge >= 0.3 is 0 Å². The fourth-order valence-corrected chi connectivity index (χ4v) is 4.43. The van der Waals surface area contributed by atoms with Gasteiger partial charge in [0, 0.05) is 35.1 Å². The van der Waals surface area contributed by atoms with Crippen molar-refractivity contribution in [2.75, 3.05) is 26.2 Å². The number of benzene rings is 2. The molecule has 4 rings (SSSR count). The lowest BCUT2D eigenvalue weighted by molar-refractivity contribution is -0.146. The number of hydrogen-bond acceptors (Lipinski definition) is 2. The Balaban J connectivity index is 1.24. The maximum atomic E-state index is 12.5. The first-order valence-electron chi connectivity index (χ1n) is 9.50. The van der Waals surface area contributed by atoms with Crippen LogP contribution < -0.4 is 0 Å². The van der Waals surface area contributed by atoms with E-state index < -0.39 is 0 Å². The second kappa shape index (κ2) is 7.83. The quantitative estimate of drug-likeness (QED) is 0.742. The molecule has 2 aromatic carbocycles. The Morgan fingerprint density at radius 3 is 1.93 bits per heavy atom. The summed E-state index contributed by atoms with van der Waals surface area (Å²) in [5, 5.41) is 1.49. The van der Waals surface area contributed by atoms with Gasteiger partial charge in [-0.3, -0.25) is 9.69 Å². The van der Waals surface area contributed by atoms with E-state index in [1.807, 2.05) is 41.3 Å². The van der Waals surface area contributed by atoms with Crippen molar-refractivity contribution in [3.63, 3.8) is 0 Å². The molecule has 142 valence electrons. The molecule has 5 heteroatoms. The summed E-state index contributed by atoms with van der Waals surface area (Å²) in [6, 6.07) is 15.7. The molecule has 0 aliphatic carbocycles. The lowest BCUT2D eigenvalue weighted by Crippen LogP contribution is -2.62. The molecule has 0 aromatic heterocycles. The third kappa shape index (κ3) is 4.48. The summed E-state index contributed by atoms with van der Waals surface area (Å²) in [5.74, 6) is 0.228. The average molecular weight is 403 g/mol. The molecule has 2 aliphatic rings. The maximum absolute atomic E-state index is 12.5. The number of carbonyl (C=O) groups is 1. The third-order valence-electron chi connectivity index (χ3n) is 5.91. The molecule has 2 fully saturated rings. The molecule has 0 unspecified atom stereocenters. The molecule has 2 aliphatic heterocycles. The number of likely N-dealkylation sites (tertiary alicyclic amines) is 2. The van der Waals surface area contributed by atoms with E-state index in [2.05, 4.69) is 17.0 Å². The van der Waals surface area contributed by atoms with Crippen LogP contribution in [0.5, 0.6) is 0 Å². The molecule has 2 heterocycles. The molecule has 2 aromatic rings. The van der Waals surface area contributed by atoms with Crippen molar-refractivity contribution in [3.05, 3.63) is 69.7 Å². The molecule has 1 amide bonds. The molecule has 3 nitrogen and oxygen atoms in total. The summed E-state index contributed by atoms with van der Waals surface area (Å²) in [4.78, 5) is 17.0. The van der Waals surface area contributed by atoms with E-state index in [4.69, 9.17) is 23.2 Å². The topological polar surface area (TPSA) is 23.6 Å². The number of amides is 1. The van der Waals surface area contributed by atoms with Crippen LogP contribution in [0.3, 0.4) is 0 Å². The van der Waals surface area contributed by atoms with E-state index in [0.717, 1.165) is 43.3 Å². The van der Waals surface area contributed by atoms with Crippen molar-refractivity contribution < 1.29 is 4.79 Å². The Morgan fingerprint density at radius 2 is 1.37 bits per heavy atom. The van der Waals surface area contributed by atoms with Gasteiger partial charge in [-0.2, -0.15) is 0 Å². The zero-order chi connectivity index (χ0) is 18.9. The van der Waals surface area contributed by atoms with Gasteiger partial charge in [0.1, 0.15) is 0 Å². The minimum atomic E-state index is 0.228. The SMILES string of the molecule is O=C(Cc1ccc(Cl)cc1)N1CC2(CCN(Cc3ccc(Cl)cc3)CC2)C1. The van der Waals surface area contributed by atoms with Gasteiger partial charge in [0.05, 0.1) is 6.42 Å². The van der Waals surface area contributed by atoms with Crippen molar-refractivity contribution in [1.29, 1.82) is 0 Å². The molecular weight excluding hydrogens is 379 g/mol. The monoisotopic (exact) mass is 402 g/mol. The lowest BCUT2D eigenvalue weighted by Gasteiger charge is -2.54. The number of rotatable bonds is 4. The zero-order valence-electron chi connectivity index (χ0n) is 15.3. The Labute approximate surface area is 170 Å². The normalized spacial score (nSPS) is 19.1. The highest BCUT2D eigenvalue weighted by molar-refractivity contribution is 6.30. The van der Waals surface area contributed by atoms with Gasteiger partial charge in [0.15, 0.2) is 0 Å². The van der Waals surface area contributed by atoms with Crippen LogP contribution in [-0.2, 0) is 17.8 Å². The second-order valence-electron chi connectivity index (χ2n) is 7.96. The van der Waals surface area contributed by atoms with E-state index in [1.165, 1.54) is 18.4 Å². The van der Waals surface area contributed by atoms with Gasteiger partial charge in [0.2, 0.25) is 5.91 Å². The Hall–Kier alpha value is -1.55. The number of hydrogen-bond donors (Lipinski definition) is 0. The number of nitrogens with zero attached hydrogens (tertiary/aromatic N) is 2. The highest BCUT2D eigenvalue weighted by Crippen LogP contribution is 2.41. The van der Waals surface area contributed by atoms with Gasteiger partial charge < -0.3 is 4.90 Å². The number of piperidine rings is 1. The summed E-state index contributed by atoms with van der Waals surface area (Å²) >= 11 is 11.9. The van der Waals surface area contributed by atoms with Crippen LogP contribution in [0.1, 0.15) is 24.0 Å². The first kappa shape index (κ1) is 18.8. The molecule has 0 N–H and O–H groups in total. The molecule has 0 bridgehead atoms. The Morgan fingerprint density at radius 1 is 0.852 bits per heavy atom. The van der Waals surface area contributed by atoms with Gasteiger partial charge in [-0.15, -0.1) is 0 Å². The third-order valence-corrected chi connectivity index (χ3v) is 6.41. The van der Waals surface area contributed by atoms with Crippen LogP contribution in [0.15, 0.2) is 48.5 Å². The smallest absolute Gasteiger partial charge is 0.227 e. The highest BCUT2D eigenvalue weighted by atomic mass is 35.5. The summed E-state index contributed by atoms with van der Waals surface area (Å²) in [7, 11) is 0. The van der Waals surface area contributed by atoms with Gasteiger partial charge in [-0.25, -0.2) is 0 Å². The van der Waals surface area contributed by atoms with Crippen LogP contribution in [-0.4, -0.2) is 41.9 Å². The number of carbonyl (C=O) groups excluding carboxylic acids is 1. The van der Waals surface area contributed by atoms with Gasteiger partial charge in [-0.05, 0) is 61.3 Å². The minimum absolute atomic E-state index is 0.228. The predicted molar refractivity (Wildman–Crippen MR) is 110 cm³/mol. The second-order valence-corrected chi connectivity index (χ2v) is 8.83. The van der Waals surface area contributed by atoms with Crippen molar-refractivity contribution in [2.45, 2.75) is 25.8 Å². The molecular formula is C22H24Cl2N2O. The van der Waals surface area contributed by atoms with Crippen molar-refractivity contribution in [1.82, 2.24) is 9.80 Å². The van der Waals surface area contributed by atoms with E-state index in [9.17, 15) is 4.79 Å².